The molecule has 124 valence electrons. The van der Waals surface area contributed by atoms with Crippen molar-refractivity contribution in [2.45, 2.75) is 26.4 Å². The summed E-state index contributed by atoms with van der Waals surface area (Å²) in [6.45, 7) is 8.40. The number of carbonyl (C=O) groups excluding carboxylic acids is 2. The highest BCUT2D eigenvalue weighted by atomic mass is 16.5. The molecule has 2 amide bonds. The van der Waals surface area contributed by atoms with Gasteiger partial charge in [0.15, 0.2) is 0 Å². The Labute approximate surface area is 127 Å². The fourth-order valence-corrected chi connectivity index (χ4v) is 1.40. The molecule has 0 saturated carbocycles. The molecule has 0 aromatic carbocycles. The van der Waals surface area contributed by atoms with Crippen molar-refractivity contribution < 1.29 is 19.1 Å². The molecule has 0 unspecified atom stereocenters. The molecule has 0 radical (unpaired) electrons. The van der Waals surface area contributed by atoms with Crippen molar-refractivity contribution in [1.29, 1.82) is 0 Å². The lowest BCUT2D eigenvalue weighted by Crippen LogP contribution is -2.39. The van der Waals surface area contributed by atoms with Crippen molar-refractivity contribution >= 4 is 11.8 Å². The summed E-state index contributed by atoms with van der Waals surface area (Å²) < 4.78 is 10.1. The van der Waals surface area contributed by atoms with Crippen molar-refractivity contribution in [3.63, 3.8) is 0 Å². The van der Waals surface area contributed by atoms with Crippen LogP contribution in [-0.2, 0) is 19.1 Å². The Balaban J connectivity index is 3.59. The van der Waals surface area contributed by atoms with E-state index in [1.165, 1.54) is 7.11 Å². The van der Waals surface area contributed by atoms with E-state index in [4.69, 9.17) is 9.47 Å². The predicted octanol–water partition coefficient (Wildman–Crippen LogP) is -0.388. The van der Waals surface area contributed by atoms with Gasteiger partial charge in [0.25, 0.3) is 0 Å². The fraction of sp³-hybridized carbons (Fsp3) is 0.857. The number of likely N-dealkylation sites (N-methyl/N-ethyl adjacent to an activating group) is 1. The average molecular weight is 303 g/mol. The molecule has 0 fully saturated rings. The average Bonchev–Trinajstić information content (AvgIpc) is 2.36. The lowest BCUT2D eigenvalue weighted by atomic mass is 10.2. The van der Waals surface area contributed by atoms with Gasteiger partial charge in [0.1, 0.15) is 13.2 Å². The van der Waals surface area contributed by atoms with Crippen LogP contribution in [0.15, 0.2) is 0 Å². The Bertz CT molecular complexity index is 316. The second-order valence-corrected chi connectivity index (χ2v) is 5.84. The lowest BCUT2D eigenvalue weighted by molar-refractivity contribution is -0.130. The minimum atomic E-state index is -0.311. The lowest BCUT2D eigenvalue weighted by Gasteiger charge is -2.20. The summed E-state index contributed by atoms with van der Waals surface area (Å²) in [5.74, 6) is -0.245. The smallest absolute Gasteiger partial charge is 0.246 e. The Morgan fingerprint density at radius 3 is 1.90 bits per heavy atom. The highest BCUT2D eigenvalue weighted by Gasteiger charge is 2.12. The number of amides is 2. The zero-order valence-corrected chi connectivity index (χ0v) is 13.8. The molecular weight excluding hydrogens is 274 g/mol. The van der Waals surface area contributed by atoms with Gasteiger partial charge in [-0.3, -0.25) is 9.59 Å². The zero-order valence-electron chi connectivity index (χ0n) is 13.8. The first-order valence-corrected chi connectivity index (χ1v) is 7.09. The molecule has 21 heavy (non-hydrogen) atoms. The Morgan fingerprint density at radius 2 is 1.48 bits per heavy atom. The maximum atomic E-state index is 11.5. The van der Waals surface area contributed by atoms with Crippen LogP contribution >= 0.6 is 0 Å². The summed E-state index contributed by atoms with van der Waals surface area (Å²) in [7, 11) is 3.41. The Hall–Kier alpha value is -1.18. The van der Waals surface area contributed by atoms with Crippen LogP contribution in [0, 0.1) is 0 Å². The van der Waals surface area contributed by atoms with Crippen molar-refractivity contribution in [3.8, 4) is 0 Å². The van der Waals surface area contributed by atoms with E-state index in [0.29, 0.717) is 26.2 Å². The van der Waals surface area contributed by atoms with Gasteiger partial charge in [-0.1, -0.05) is 0 Å². The van der Waals surface area contributed by atoms with Gasteiger partial charge in [-0.25, -0.2) is 0 Å². The van der Waals surface area contributed by atoms with Crippen molar-refractivity contribution in [1.82, 2.24) is 15.5 Å². The molecule has 0 rings (SSSR count). The molecule has 7 nitrogen and oxygen atoms in total. The summed E-state index contributed by atoms with van der Waals surface area (Å²) >= 11 is 0. The zero-order chi connectivity index (χ0) is 16.3. The van der Waals surface area contributed by atoms with Gasteiger partial charge in [-0.15, -0.1) is 0 Å². The molecule has 0 aliphatic carbocycles. The molecule has 0 aromatic rings. The van der Waals surface area contributed by atoms with E-state index in [1.807, 2.05) is 32.7 Å². The van der Waals surface area contributed by atoms with Crippen LogP contribution in [0.4, 0.5) is 0 Å². The van der Waals surface area contributed by atoms with E-state index in [0.717, 1.165) is 0 Å². The number of carbonyl (C=O) groups is 2. The molecule has 7 heteroatoms. The molecule has 0 bridgehead atoms. The van der Waals surface area contributed by atoms with Gasteiger partial charge in [0.2, 0.25) is 11.8 Å². The summed E-state index contributed by atoms with van der Waals surface area (Å²) in [5.41, 5.74) is -0.311. The fourth-order valence-electron chi connectivity index (χ4n) is 1.40. The first-order chi connectivity index (χ1) is 9.74. The molecule has 0 saturated heterocycles. The molecule has 0 aliphatic rings. The van der Waals surface area contributed by atoms with Gasteiger partial charge in [-0.2, -0.15) is 0 Å². The molecule has 0 aromatic heterocycles. The Morgan fingerprint density at radius 1 is 1.00 bits per heavy atom. The second-order valence-electron chi connectivity index (χ2n) is 5.84. The molecule has 0 atom stereocenters. The number of rotatable bonds is 10. The van der Waals surface area contributed by atoms with Crippen molar-refractivity contribution in [3.05, 3.63) is 0 Å². The molecule has 0 spiro atoms. The van der Waals surface area contributed by atoms with E-state index in [1.54, 1.807) is 0 Å². The Kier molecular flexibility index (Phi) is 9.94. The summed E-state index contributed by atoms with van der Waals surface area (Å²) in [6, 6.07) is 0. The van der Waals surface area contributed by atoms with Crippen LogP contribution in [0.1, 0.15) is 20.8 Å². The summed E-state index contributed by atoms with van der Waals surface area (Å²) in [5, 5.41) is 5.53. The van der Waals surface area contributed by atoms with Crippen molar-refractivity contribution in [2.24, 2.45) is 0 Å². The van der Waals surface area contributed by atoms with Gasteiger partial charge >= 0.3 is 0 Å². The van der Waals surface area contributed by atoms with Crippen LogP contribution < -0.4 is 10.6 Å². The number of ether oxygens (including phenoxy) is 2. The van der Waals surface area contributed by atoms with E-state index in [2.05, 4.69) is 10.6 Å². The highest BCUT2D eigenvalue weighted by Crippen LogP contribution is 2.05. The normalized spacial score (nSPS) is 11.5. The number of hydrogen-bond donors (Lipinski definition) is 2. The first-order valence-electron chi connectivity index (χ1n) is 7.09. The third kappa shape index (κ3) is 13.6. The van der Waals surface area contributed by atoms with Crippen LogP contribution in [-0.4, -0.2) is 75.9 Å². The van der Waals surface area contributed by atoms with E-state index in [9.17, 15) is 9.59 Å². The van der Waals surface area contributed by atoms with Gasteiger partial charge in [0.05, 0.1) is 5.60 Å². The van der Waals surface area contributed by atoms with E-state index >= 15 is 0 Å². The van der Waals surface area contributed by atoms with Gasteiger partial charge in [-0.05, 0) is 27.8 Å². The molecule has 2 N–H and O–H groups in total. The van der Waals surface area contributed by atoms with E-state index in [-0.39, 0.29) is 30.6 Å². The van der Waals surface area contributed by atoms with Crippen LogP contribution in [0.25, 0.3) is 0 Å². The van der Waals surface area contributed by atoms with Crippen LogP contribution in [0.3, 0.4) is 0 Å². The monoisotopic (exact) mass is 303 g/mol. The number of nitrogens with one attached hydrogen (secondary N) is 2. The number of nitrogens with zero attached hydrogens (tertiary/aromatic N) is 1. The third-order valence-electron chi connectivity index (χ3n) is 2.54. The SMILES string of the molecule is COCC(=O)NCCN(C)CCNC(=O)COC(C)(C)C. The third-order valence-corrected chi connectivity index (χ3v) is 2.54. The largest absolute Gasteiger partial charge is 0.375 e. The minimum absolute atomic E-state index is 0.0697. The summed E-state index contributed by atoms with van der Waals surface area (Å²) in [6.07, 6.45) is 0. The minimum Gasteiger partial charge on any atom is -0.375 e. The molecular formula is C14H29N3O4. The maximum Gasteiger partial charge on any atom is 0.246 e. The molecule has 0 heterocycles. The standard InChI is InChI=1S/C14H29N3O4/c1-14(2,3)21-11-13(19)16-7-9-17(4)8-6-15-12(18)10-20-5/h6-11H2,1-5H3,(H,15,18)(H,16,19). The second kappa shape index (κ2) is 10.5. The number of hydrogen-bond acceptors (Lipinski definition) is 5. The quantitative estimate of drug-likeness (QED) is 0.575. The first kappa shape index (κ1) is 19.8. The van der Waals surface area contributed by atoms with Gasteiger partial charge in [0, 0.05) is 33.3 Å². The highest BCUT2D eigenvalue weighted by molar-refractivity contribution is 5.77. The van der Waals surface area contributed by atoms with Crippen LogP contribution in [0.2, 0.25) is 0 Å². The van der Waals surface area contributed by atoms with Crippen molar-refractivity contribution in [2.75, 3.05) is 53.6 Å². The van der Waals surface area contributed by atoms with E-state index < -0.39 is 0 Å². The maximum absolute atomic E-state index is 11.5. The molecule has 0 aliphatic heterocycles. The topological polar surface area (TPSA) is 79.9 Å². The van der Waals surface area contributed by atoms with Crippen LogP contribution in [0.5, 0.6) is 0 Å². The predicted molar refractivity (Wildman–Crippen MR) is 81.1 cm³/mol. The number of methoxy groups -OCH3 is 1. The van der Waals surface area contributed by atoms with Gasteiger partial charge < -0.3 is 25.0 Å². The summed E-state index contributed by atoms with van der Waals surface area (Å²) in [4.78, 5) is 24.7.